The number of hydrogen-bond donors (Lipinski definition) is 1. The van der Waals surface area contributed by atoms with Crippen LogP contribution in [0.1, 0.15) is 49.3 Å². The average molecular weight is 352 g/mol. The smallest absolute Gasteiger partial charge is 0.277 e. The summed E-state index contributed by atoms with van der Waals surface area (Å²) in [5.41, 5.74) is 6.77. The van der Waals surface area contributed by atoms with E-state index < -0.39 is 0 Å². The molecule has 4 nitrogen and oxygen atoms in total. The summed E-state index contributed by atoms with van der Waals surface area (Å²) in [5.74, 6) is 0.477. The van der Waals surface area contributed by atoms with Crippen molar-refractivity contribution in [1.29, 1.82) is 0 Å². The monoisotopic (exact) mass is 352 g/mol. The van der Waals surface area contributed by atoms with E-state index in [1.807, 2.05) is 62.4 Å². The van der Waals surface area contributed by atoms with Crippen LogP contribution in [-0.4, -0.2) is 18.2 Å². The molecule has 2 rings (SSSR count). The first-order valence-electron chi connectivity index (χ1n) is 9.21. The predicted molar refractivity (Wildman–Crippen MR) is 107 cm³/mol. The van der Waals surface area contributed by atoms with Crippen LogP contribution in [0.5, 0.6) is 5.75 Å². The molecule has 2 aromatic rings. The van der Waals surface area contributed by atoms with Crippen LogP contribution in [-0.2, 0) is 4.79 Å². The minimum atomic E-state index is -0.255. The van der Waals surface area contributed by atoms with Crippen LogP contribution in [0.15, 0.2) is 53.6 Å². The van der Waals surface area contributed by atoms with Gasteiger partial charge in [-0.25, -0.2) is 5.43 Å². The highest BCUT2D eigenvalue weighted by atomic mass is 16.5. The van der Waals surface area contributed by atoms with Crippen molar-refractivity contribution in [3.63, 3.8) is 0 Å². The number of hydrazone groups is 1. The standard InChI is InChI=1S/C22H28N2O2/c1-4-5-7-14-20(19-12-8-6-9-13-19)23-24-22(25)16-26-21-15-10-11-17(2)18(21)3/h6,8-13,15H,4-5,7,14,16H2,1-3H3,(H,24,25)/b23-20+. The Hall–Kier alpha value is -2.62. The van der Waals surface area contributed by atoms with Crippen LogP contribution in [0, 0.1) is 13.8 Å². The molecule has 26 heavy (non-hydrogen) atoms. The number of aryl methyl sites for hydroxylation is 1. The maximum absolute atomic E-state index is 12.1. The summed E-state index contributed by atoms with van der Waals surface area (Å²) < 4.78 is 5.63. The molecule has 1 N–H and O–H groups in total. The molecular weight excluding hydrogens is 324 g/mol. The van der Waals surface area contributed by atoms with E-state index in [1.54, 1.807) is 0 Å². The van der Waals surface area contributed by atoms with Gasteiger partial charge in [0.2, 0.25) is 0 Å². The second kappa shape index (κ2) is 10.4. The van der Waals surface area contributed by atoms with Crippen molar-refractivity contribution in [2.24, 2.45) is 5.10 Å². The highest BCUT2D eigenvalue weighted by Gasteiger charge is 2.08. The summed E-state index contributed by atoms with van der Waals surface area (Å²) >= 11 is 0. The zero-order valence-corrected chi connectivity index (χ0v) is 15.9. The zero-order chi connectivity index (χ0) is 18.8. The zero-order valence-electron chi connectivity index (χ0n) is 15.9. The number of ether oxygens (including phenoxy) is 1. The summed E-state index contributed by atoms with van der Waals surface area (Å²) in [5, 5.41) is 4.36. The molecule has 0 saturated heterocycles. The van der Waals surface area contributed by atoms with Crippen LogP contribution in [0.25, 0.3) is 0 Å². The van der Waals surface area contributed by atoms with Gasteiger partial charge >= 0.3 is 0 Å². The highest BCUT2D eigenvalue weighted by molar-refractivity contribution is 6.01. The molecule has 0 spiro atoms. The number of benzene rings is 2. The highest BCUT2D eigenvalue weighted by Crippen LogP contribution is 2.20. The van der Waals surface area contributed by atoms with Crippen molar-refractivity contribution in [2.45, 2.75) is 46.5 Å². The number of carbonyl (C=O) groups excluding carboxylic acids is 1. The number of nitrogens with zero attached hydrogens (tertiary/aromatic N) is 1. The van der Waals surface area contributed by atoms with Crippen LogP contribution in [0.2, 0.25) is 0 Å². The molecule has 0 bridgehead atoms. The molecule has 1 amide bonds. The molecule has 0 saturated carbocycles. The minimum Gasteiger partial charge on any atom is -0.483 e. The average Bonchev–Trinajstić information content (AvgIpc) is 2.66. The molecule has 0 unspecified atom stereocenters. The molecule has 138 valence electrons. The molecule has 0 aliphatic heterocycles. The van der Waals surface area contributed by atoms with Crippen molar-refractivity contribution in [2.75, 3.05) is 6.61 Å². The van der Waals surface area contributed by atoms with Gasteiger partial charge in [0.05, 0.1) is 5.71 Å². The molecule has 0 aliphatic rings. The van der Waals surface area contributed by atoms with Gasteiger partial charge < -0.3 is 4.74 Å². The maximum Gasteiger partial charge on any atom is 0.277 e. The molecule has 0 fully saturated rings. The lowest BCUT2D eigenvalue weighted by Crippen LogP contribution is -2.26. The van der Waals surface area contributed by atoms with Crippen LogP contribution in [0.3, 0.4) is 0 Å². The van der Waals surface area contributed by atoms with Crippen molar-refractivity contribution in [1.82, 2.24) is 5.43 Å². The first-order valence-corrected chi connectivity index (χ1v) is 9.21. The van der Waals surface area contributed by atoms with E-state index in [4.69, 9.17) is 4.74 Å². The van der Waals surface area contributed by atoms with Gasteiger partial charge in [0.15, 0.2) is 6.61 Å². The second-order valence-electron chi connectivity index (χ2n) is 6.40. The number of hydrogen-bond acceptors (Lipinski definition) is 3. The fourth-order valence-corrected chi connectivity index (χ4v) is 2.62. The Balaban J connectivity index is 1.96. The first kappa shape index (κ1) is 19.7. The van der Waals surface area contributed by atoms with E-state index in [9.17, 15) is 4.79 Å². The molecule has 4 heteroatoms. The molecule has 0 radical (unpaired) electrons. The van der Waals surface area contributed by atoms with Gasteiger partial charge in [-0.2, -0.15) is 5.10 Å². The Labute approximate surface area is 156 Å². The summed E-state index contributed by atoms with van der Waals surface area (Å²) in [6, 6.07) is 15.8. The molecule has 2 aromatic carbocycles. The van der Waals surface area contributed by atoms with Crippen molar-refractivity contribution >= 4 is 11.6 Å². The lowest BCUT2D eigenvalue weighted by Gasteiger charge is -2.11. The normalized spacial score (nSPS) is 11.3. The Kier molecular flexibility index (Phi) is 7.87. The minimum absolute atomic E-state index is 0.0508. The second-order valence-corrected chi connectivity index (χ2v) is 6.40. The number of nitrogens with one attached hydrogen (secondary N) is 1. The Bertz CT molecular complexity index is 739. The van der Waals surface area contributed by atoms with Crippen LogP contribution in [0.4, 0.5) is 0 Å². The number of amides is 1. The maximum atomic E-state index is 12.1. The first-order chi connectivity index (χ1) is 12.6. The topological polar surface area (TPSA) is 50.7 Å². The van der Waals surface area contributed by atoms with Crippen molar-refractivity contribution in [3.8, 4) is 5.75 Å². The summed E-state index contributed by atoms with van der Waals surface area (Å²) in [6.07, 6.45) is 4.20. The summed E-state index contributed by atoms with van der Waals surface area (Å²) in [7, 11) is 0. The van der Waals surface area contributed by atoms with Gasteiger partial charge in [0.1, 0.15) is 5.75 Å². The van der Waals surface area contributed by atoms with Gasteiger partial charge in [-0.1, -0.05) is 62.2 Å². The SMILES string of the molecule is CCCCC/C(=N\NC(=O)COc1cccc(C)c1C)c1ccccc1. The fraction of sp³-hybridized carbons (Fsp3) is 0.364. The predicted octanol–water partition coefficient (Wildman–Crippen LogP) is 4.78. The fourth-order valence-electron chi connectivity index (χ4n) is 2.62. The van der Waals surface area contributed by atoms with Gasteiger partial charge in [-0.05, 0) is 49.4 Å². The van der Waals surface area contributed by atoms with E-state index in [0.29, 0.717) is 0 Å². The lowest BCUT2D eigenvalue weighted by molar-refractivity contribution is -0.123. The summed E-state index contributed by atoms with van der Waals surface area (Å²) in [6.45, 7) is 6.13. The third kappa shape index (κ3) is 6.03. The largest absolute Gasteiger partial charge is 0.483 e. The Morgan fingerprint density at radius 2 is 1.81 bits per heavy atom. The van der Waals surface area contributed by atoms with Crippen LogP contribution < -0.4 is 10.2 Å². The van der Waals surface area contributed by atoms with Gasteiger partial charge in [0.25, 0.3) is 5.91 Å². The quantitative estimate of drug-likeness (QED) is 0.401. The number of carbonyl (C=O) groups is 1. The molecule has 0 aromatic heterocycles. The van der Waals surface area contributed by atoms with Crippen molar-refractivity contribution in [3.05, 3.63) is 65.2 Å². The van der Waals surface area contributed by atoms with E-state index in [2.05, 4.69) is 17.5 Å². The molecule has 0 heterocycles. The Morgan fingerprint density at radius 1 is 1.04 bits per heavy atom. The van der Waals surface area contributed by atoms with E-state index >= 15 is 0 Å². The van der Waals surface area contributed by atoms with E-state index in [0.717, 1.165) is 53.8 Å². The summed E-state index contributed by atoms with van der Waals surface area (Å²) in [4.78, 5) is 12.1. The van der Waals surface area contributed by atoms with Gasteiger partial charge in [0, 0.05) is 0 Å². The van der Waals surface area contributed by atoms with Crippen LogP contribution >= 0.6 is 0 Å². The number of unbranched alkanes of at least 4 members (excludes halogenated alkanes) is 2. The van der Waals surface area contributed by atoms with E-state index in [1.165, 1.54) is 0 Å². The van der Waals surface area contributed by atoms with Gasteiger partial charge in [-0.3, -0.25) is 4.79 Å². The number of rotatable bonds is 9. The molecular formula is C22H28N2O2. The molecule has 0 atom stereocenters. The third-order valence-electron chi connectivity index (χ3n) is 4.35. The van der Waals surface area contributed by atoms with E-state index in [-0.39, 0.29) is 12.5 Å². The third-order valence-corrected chi connectivity index (χ3v) is 4.35. The van der Waals surface area contributed by atoms with Gasteiger partial charge in [-0.15, -0.1) is 0 Å². The molecule has 0 aliphatic carbocycles. The Morgan fingerprint density at radius 3 is 2.54 bits per heavy atom. The lowest BCUT2D eigenvalue weighted by atomic mass is 10.0. The van der Waals surface area contributed by atoms with Crippen molar-refractivity contribution < 1.29 is 9.53 Å².